The molecule has 1 aliphatic carbocycles. The first-order chi connectivity index (χ1) is 19.9. The van der Waals surface area contributed by atoms with Crippen LogP contribution in [0.3, 0.4) is 0 Å². The Morgan fingerprint density at radius 3 is 2.32 bits per heavy atom. The maximum atomic E-state index is 14.3. The third kappa shape index (κ3) is 5.91. The number of allylic oxidation sites excluding steroid dienone is 2. The topological polar surface area (TPSA) is 87.0 Å². The van der Waals surface area contributed by atoms with Gasteiger partial charge >= 0.3 is 5.97 Å². The zero-order valence-corrected chi connectivity index (χ0v) is 22.8. The quantitative estimate of drug-likeness (QED) is 0.184. The number of furan rings is 1. The second kappa shape index (κ2) is 12.0. The van der Waals surface area contributed by atoms with Crippen molar-refractivity contribution in [2.45, 2.75) is 19.9 Å². The van der Waals surface area contributed by atoms with E-state index in [4.69, 9.17) is 18.6 Å². The molecule has 3 aromatic carbocycles. The van der Waals surface area contributed by atoms with E-state index in [9.17, 15) is 14.0 Å². The summed E-state index contributed by atoms with van der Waals surface area (Å²) >= 11 is 0. The highest BCUT2D eigenvalue weighted by Gasteiger charge is 2.26. The number of halogens is 1. The third-order valence-electron chi connectivity index (χ3n) is 6.83. The Labute approximate surface area is 236 Å². The Morgan fingerprint density at radius 2 is 1.66 bits per heavy atom. The van der Waals surface area contributed by atoms with Gasteiger partial charge in [0.05, 0.1) is 39.0 Å². The first-order valence-corrected chi connectivity index (χ1v) is 12.9. The monoisotopic (exact) mass is 553 g/mol. The van der Waals surface area contributed by atoms with Gasteiger partial charge in [0.2, 0.25) is 11.7 Å². The first-order valence-electron chi connectivity index (χ1n) is 12.9. The van der Waals surface area contributed by atoms with E-state index >= 15 is 0 Å². The fourth-order valence-electron chi connectivity index (χ4n) is 4.78. The van der Waals surface area contributed by atoms with Crippen molar-refractivity contribution in [3.8, 4) is 17.2 Å². The van der Waals surface area contributed by atoms with Crippen molar-refractivity contribution in [2.75, 3.05) is 14.2 Å². The molecule has 1 heterocycles. The summed E-state index contributed by atoms with van der Waals surface area (Å²) in [6.07, 6.45) is 3.53. The Bertz CT molecular complexity index is 1630. The minimum atomic E-state index is -0.547. The van der Waals surface area contributed by atoms with E-state index in [1.807, 2.05) is 19.1 Å². The predicted molar refractivity (Wildman–Crippen MR) is 153 cm³/mol. The van der Waals surface area contributed by atoms with Gasteiger partial charge in [-0.25, -0.2) is 9.18 Å². The number of esters is 1. The highest BCUT2D eigenvalue weighted by atomic mass is 19.1. The van der Waals surface area contributed by atoms with Crippen molar-refractivity contribution < 1.29 is 32.6 Å². The Kier molecular flexibility index (Phi) is 8.01. The maximum Gasteiger partial charge on any atom is 0.343 e. The molecule has 1 N–H and O–H groups in total. The van der Waals surface area contributed by atoms with E-state index in [-0.39, 0.29) is 30.4 Å². The first kappa shape index (κ1) is 27.5. The van der Waals surface area contributed by atoms with Crippen LogP contribution in [-0.4, -0.2) is 26.1 Å². The standard InChI is InChI=1S/C33H28FNO6/c1-20-26(25-12-11-23(34)17-28(25)27(20)18-31(36)35-19-24-10-7-13-40-24)14-21-15-29(38-2)32(30(16-21)39-3)41-33(37)22-8-5-4-6-9-22/h4-17H,18-19H2,1-3H3,(H,35,36). The van der Waals surface area contributed by atoms with Crippen molar-refractivity contribution >= 4 is 29.1 Å². The number of ether oxygens (including phenoxy) is 3. The molecule has 1 amide bonds. The summed E-state index contributed by atoms with van der Waals surface area (Å²) in [6, 6.07) is 20.2. The highest BCUT2D eigenvalue weighted by molar-refractivity contribution is 6.08. The maximum absolute atomic E-state index is 14.3. The number of carbonyl (C=O) groups excluding carboxylic acids is 2. The molecule has 0 radical (unpaired) electrons. The minimum absolute atomic E-state index is 0.0708. The summed E-state index contributed by atoms with van der Waals surface area (Å²) in [7, 11) is 2.95. The summed E-state index contributed by atoms with van der Waals surface area (Å²) in [5, 5.41) is 2.85. The summed E-state index contributed by atoms with van der Waals surface area (Å²) in [5.74, 6) is 0.256. The van der Waals surface area contributed by atoms with Crippen LogP contribution in [-0.2, 0) is 11.3 Å². The molecule has 7 nitrogen and oxygen atoms in total. The fraction of sp³-hybridized carbons (Fsp3) is 0.152. The average Bonchev–Trinajstić information content (AvgIpc) is 3.59. The van der Waals surface area contributed by atoms with Crippen LogP contribution in [0.1, 0.15) is 46.2 Å². The second-order valence-corrected chi connectivity index (χ2v) is 9.39. The summed E-state index contributed by atoms with van der Waals surface area (Å²) in [6.45, 7) is 2.17. The molecule has 0 saturated carbocycles. The van der Waals surface area contributed by atoms with Gasteiger partial charge in [-0.05, 0) is 94.9 Å². The number of rotatable bonds is 9. The molecule has 8 heteroatoms. The molecule has 1 aromatic heterocycles. The third-order valence-corrected chi connectivity index (χ3v) is 6.83. The SMILES string of the molecule is COc1cc(C=C2C(C)=C(CC(=O)NCc3ccco3)c3cc(F)ccc32)cc(OC)c1OC(=O)c1ccccc1. The Morgan fingerprint density at radius 1 is 0.927 bits per heavy atom. The summed E-state index contributed by atoms with van der Waals surface area (Å²) in [4.78, 5) is 25.6. The normalized spacial score (nSPS) is 13.2. The van der Waals surface area contributed by atoms with E-state index < -0.39 is 5.97 Å². The van der Waals surface area contributed by atoms with Crippen LogP contribution in [0.25, 0.3) is 17.2 Å². The van der Waals surface area contributed by atoms with E-state index in [0.717, 1.165) is 22.3 Å². The number of amides is 1. The number of fused-ring (bicyclic) bond motifs is 1. The van der Waals surface area contributed by atoms with E-state index in [2.05, 4.69) is 5.32 Å². The smallest absolute Gasteiger partial charge is 0.343 e. The largest absolute Gasteiger partial charge is 0.493 e. The van der Waals surface area contributed by atoms with Gasteiger partial charge in [-0.3, -0.25) is 4.79 Å². The minimum Gasteiger partial charge on any atom is -0.493 e. The number of methoxy groups -OCH3 is 2. The van der Waals surface area contributed by atoms with Crippen molar-refractivity contribution in [1.82, 2.24) is 5.32 Å². The van der Waals surface area contributed by atoms with Crippen molar-refractivity contribution in [1.29, 1.82) is 0 Å². The van der Waals surface area contributed by atoms with Crippen LogP contribution in [0.2, 0.25) is 0 Å². The molecule has 208 valence electrons. The van der Waals surface area contributed by atoms with Crippen molar-refractivity contribution in [3.05, 3.63) is 118 Å². The highest BCUT2D eigenvalue weighted by Crippen LogP contribution is 2.45. The van der Waals surface area contributed by atoms with Gasteiger partial charge in [0.25, 0.3) is 0 Å². The fourth-order valence-corrected chi connectivity index (χ4v) is 4.78. The summed E-state index contributed by atoms with van der Waals surface area (Å²) < 4.78 is 36.4. The van der Waals surface area contributed by atoms with Crippen LogP contribution in [0.4, 0.5) is 4.39 Å². The number of nitrogens with one attached hydrogen (secondary N) is 1. The Hall–Kier alpha value is -5.11. The van der Waals surface area contributed by atoms with Crippen molar-refractivity contribution in [3.63, 3.8) is 0 Å². The molecule has 5 rings (SSSR count). The number of hydrogen-bond donors (Lipinski definition) is 1. The molecule has 0 unspecified atom stereocenters. The van der Waals surface area contributed by atoms with Gasteiger partial charge in [-0.1, -0.05) is 24.3 Å². The van der Waals surface area contributed by atoms with Crippen LogP contribution in [0.15, 0.2) is 89.0 Å². The van der Waals surface area contributed by atoms with Gasteiger partial charge in [0, 0.05) is 0 Å². The lowest BCUT2D eigenvalue weighted by atomic mass is 10.00. The van der Waals surface area contributed by atoms with Gasteiger partial charge < -0.3 is 23.9 Å². The molecular formula is C33H28FNO6. The number of benzene rings is 3. The van der Waals surface area contributed by atoms with Gasteiger partial charge in [-0.15, -0.1) is 0 Å². The molecule has 41 heavy (non-hydrogen) atoms. The van der Waals surface area contributed by atoms with E-state index in [0.29, 0.717) is 33.9 Å². The van der Waals surface area contributed by atoms with Crippen LogP contribution < -0.4 is 19.5 Å². The zero-order chi connectivity index (χ0) is 28.9. The lowest BCUT2D eigenvalue weighted by Gasteiger charge is -2.15. The second-order valence-electron chi connectivity index (χ2n) is 9.39. The molecule has 0 atom stereocenters. The molecule has 0 fully saturated rings. The van der Waals surface area contributed by atoms with E-state index in [1.54, 1.807) is 60.9 Å². The zero-order valence-electron chi connectivity index (χ0n) is 22.8. The van der Waals surface area contributed by atoms with Crippen LogP contribution >= 0.6 is 0 Å². The van der Waals surface area contributed by atoms with E-state index in [1.165, 1.54) is 26.4 Å². The summed E-state index contributed by atoms with van der Waals surface area (Å²) in [5.41, 5.74) is 4.95. The van der Waals surface area contributed by atoms with Crippen LogP contribution in [0.5, 0.6) is 17.2 Å². The molecule has 4 aromatic rings. The molecule has 0 aliphatic heterocycles. The molecule has 0 saturated heterocycles. The number of hydrogen-bond acceptors (Lipinski definition) is 6. The van der Waals surface area contributed by atoms with Gasteiger partial charge in [0.1, 0.15) is 11.6 Å². The average molecular weight is 554 g/mol. The van der Waals surface area contributed by atoms with Gasteiger partial charge in [-0.2, -0.15) is 0 Å². The molecule has 0 bridgehead atoms. The molecular weight excluding hydrogens is 525 g/mol. The lowest BCUT2D eigenvalue weighted by Crippen LogP contribution is -2.22. The van der Waals surface area contributed by atoms with Gasteiger partial charge in [0.15, 0.2) is 11.5 Å². The molecule has 0 spiro atoms. The molecule has 1 aliphatic rings. The van der Waals surface area contributed by atoms with Crippen LogP contribution in [0, 0.1) is 5.82 Å². The number of carbonyl (C=O) groups is 2. The predicted octanol–water partition coefficient (Wildman–Crippen LogP) is 6.69. The Balaban J connectivity index is 1.48. The van der Waals surface area contributed by atoms with Crippen molar-refractivity contribution in [2.24, 2.45) is 0 Å². The lowest BCUT2D eigenvalue weighted by molar-refractivity contribution is -0.120.